The number of benzene rings is 2. The van der Waals surface area contributed by atoms with Crippen LogP contribution >= 0.6 is 0 Å². The largest absolute Gasteiger partial charge is 0.452 e. The number of carbonyl (C=O) groups is 3. The van der Waals surface area contributed by atoms with Gasteiger partial charge in [-0.05, 0) is 42.7 Å². The van der Waals surface area contributed by atoms with Crippen molar-refractivity contribution in [3.05, 3.63) is 65.5 Å². The van der Waals surface area contributed by atoms with Gasteiger partial charge >= 0.3 is 5.97 Å². The molecule has 1 fully saturated rings. The zero-order valence-electron chi connectivity index (χ0n) is 15.3. The molecule has 2 aromatic carbocycles. The van der Waals surface area contributed by atoms with Gasteiger partial charge in [0.25, 0.3) is 5.91 Å². The molecule has 0 aliphatic carbocycles. The Morgan fingerprint density at radius 1 is 1.14 bits per heavy atom. The van der Waals surface area contributed by atoms with Crippen molar-refractivity contribution in [1.82, 2.24) is 5.32 Å². The molecule has 0 bridgehead atoms. The lowest BCUT2D eigenvalue weighted by Crippen LogP contribution is -2.30. The molecule has 1 aliphatic heterocycles. The lowest BCUT2D eigenvalue weighted by atomic mass is 10.1. The molecule has 1 heterocycles. The van der Waals surface area contributed by atoms with Gasteiger partial charge in [-0.3, -0.25) is 9.59 Å². The lowest BCUT2D eigenvalue weighted by molar-refractivity contribution is -0.124. The Bertz CT molecular complexity index is 884. The molecule has 28 heavy (non-hydrogen) atoms. The predicted octanol–water partition coefficient (Wildman–Crippen LogP) is 2.47. The van der Waals surface area contributed by atoms with Gasteiger partial charge < -0.3 is 15.0 Å². The minimum absolute atomic E-state index is 0.0275. The van der Waals surface area contributed by atoms with E-state index < -0.39 is 18.5 Å². The van der Waals surface area contributed by atoms with Crippen LogP contribution in [0.3, 0.4) is 0 Å². The van der Waals surface area contributed by atoms with Gasteiger partial charge in [0.05, 0.1) is 5.56 Å². The second-order valence-electron chi connectivity index (χ2n) is 6.47. The fourth-order valence-corrected chi connectivity index (χ4v) is 3.03. The second-order valence-corrected chi connectivity index (χ2v) is 6.47. The van der Waals surface area contributed by atoms with Crippen molar-refractivity contribution in [2.75, 3.05) is 24.6 Å². The van der Waals surface area contributed by atoms with Crippen LogP contribution in [0.1, 0.15) is 28.8 Å². The van der Waals surface area contributed by atoms with E-state index in [2.05, 4.69) is 5.32 Å². The minimum atomic E-state index is -0.641. The molecule has 0 atom stereocenters. The van der Waals surface area contributed by atoms with Crippen molar-refractivity contribution >= 4 is 23.5 Å². The van der Waals surface area contributed by atoms with E-state index in [9.17, 15) is 18.8 Å². The normalized spacial score (nSPS) is 13.5. The number of nitrogens with one attached hydrogen (secondary N) is 1. The molecule has 3 rings (SSSR count). The van der Waals surface area contributed by atoms with Gasteiger partial charge in [0.1, 0.15) is 5.82 Å². The molecule has 1 N–H and O–H groups in total. The summed E-state index contributed by atoms with van der Waals surface area (Å²) in [6, 6.07) is 12.9. The van der Waals surface area contributed by atoms with E-state index in [-0.39, 0.29) is 23.8 Å². The summed E-state index contributed by atoms with van der Waals surface area (Å²) in [6.07, 6.45) is 1.64. The molecule has 0 saturated carbocycles. The van der Waals surface area contributed by atoms with Gasteiger partial charge in [0.15, 0.2) is 6.61 Å². The maximum atomic E-state index is 13.5. The van der Waals surface area contributed by atoms with Crippen LogP contribution in [0.4, 0.5) is 10.1 Å². The van der Waals surface area contributed by atoms with Crippen LogP contribution in [0.25, 0.3) is 0 Å². The summed E-state index contributed by atoms with van der Waals surface area (Å²) in [6.45, 7) is 0.439. The molecule has 1 saturated heterocycles. The van der Waals surface area contributed by atoms with Gasteiger partial charge in [0, 0.05) is 25.2 Å². The van der Waals surface area contributed by atoms with E-state index in [1.54, 1.807) is 47.4 Å². The number of anilines is 1. The van der Waals surface area contributed by atoms with Crippen molar-refractivity contribution in [1.29, 1.82) is 0 Å². The Balaban J connectivity index is 1.46. The molecule has 1 aliphatic rings. The quantitative estimate of drug-likeness (QED) is 0.744. The van der Waals surface area contributed by atoms with Gasteiger partial charge in [0.2, 0.25) is 5.91 Å². The monoisotopic (exact) mass is 384 g/mol. The van der Waals surface area contributed by atoms with Crippen LogP contribution in [-0.4, -0.2) is 37.5 Å². The van der Waals surface area contributed by atoms with Crippen molar-refractivity contribution in [3.8, 4) is 0 Å². The van der Waals surface area contributed by atoms with Crippen molar-refractivity contribution in [2.45, 2.75) is 19.3 Å². The molecule has 0 aromatic heterocycles. The maximum absolute atomic E-state index is 13.5. The van der Waals surface area contributed by atoms with Gasteiger partial charge in [-0.25, -0.2) is 9.18 Å². The highest BCUT2D eigenvalue weighted by Gasteiger charge is 2.22. The lowest BCUT2D eigenvalue weighted by Gasteiger charge is -2.16. The fourth-order valence-electron chi connectivity index (χ4n) is 3.03. The number of carbonyl (C=O) groups excluding carboxylic acids is 3. The van der Waals surface area contributed by atoms with E-state index in [0.717, 1.165) is 6.42 Å². The summed E-state index contributed by atoms with van der Waals surface area (Å²) in [5.74, 6) is -1.40. The Morgan fingerprint density at radius 3 is 2.71 bits per heavy atom. The van der Waals surface area contributed by atoms with Gasteiger partial charge in [-0.2, -0.15) is 0 Å². The summed E-state index contributed by atoms with van der Waals surface area (Å²) in [7, 11) is 0. The smallest absolute Gasteiger partial charge is 0.338 e. The summed E-state index contributed by atoms with van der Waals surface area (Å²) in [4.78, 5) is 37.5. The molecular formula is C21H21FN2O4. The molecule has 0 radical (unpaired) electrons. The van der Waals surface area contributed by atoms with E-state index in [1.807, 2.05) is 0 Å². The first-order valence-electron chi connectivity index (χ1n) is 9.12. The third-order valence-corrected chi connectivity index (χ3v) is 4.48. The molecule has 6 nitrogen and oxygen atoms in total. The number of hydrogen-bond donors (Lipinski definition) is 1. The molecule has 146 valence electrons. The van der Waals surface area contributed by atoms with Crippen molar-refractivity contribution < 1.29 is 23.5 Å². The van der Waals surface area contributed by atoms with E-state index in [0.29, 0.717) is 30.6 Å². The van der Waals surface area contributed by atoms with E-state index in [4.69, 9.17) is 4.74 Å². The van der Waals surface area contributed by atoms with Crippen LogP contribution in [0.15, 0.2) is 48.5 Å². The Labute approximate surface area is 162 Å². The number of nitrogens with zero attached hydrogens (tertiary/aromatic N) is 1. The number of rotatable bonds is 7. The maximum Gasteiger partial charge on any atom is 0.338 e. The number of amides is 2. The summed E-state index contributed by atoms with van der Waals surface area (Å²) >= 11 is 0. The van der Waals surface area contributed by atoms with E-state index in [1.165, 1.54) is 6.07 Å². The standard InChI is InChI=1S/C21H21FN2O4/c22-18-8-2-1-5-15(18)10-11-23-19(25)14-28-21(27)16-6-3-7-17(13-16)24-12-4-9-20(24)26/h1-3,5-8,13H,4,9-12,14H2,(H,23,25). The third-order valence-electron chi connectivity index (χ3n) is 4.48. The molecule has 2 aromatic rings. The third kappa shape index (κ3) is 4.94. The van der Waals surface area contributed by atoms with Crippen LogP contribution in [0.5, 0.6) is 0 Å². The number of halogens is 1. The zero-order chi connectivity index (χ0) is 19.9. The number of hydrogen-bond acceptors (Lipinski definition) is 4. The predicted molar refractivity (Wildman–Crippen MR) is 101 cm³/mol. The highest BCUT2D eigenvalue weighted by Crippen LogP contribution is 2.22. The van der Waals surface area contributed by atoms with Gasteiger partial charge in [-0.1, -0.05) is 24.3 Å². The molecular weight excluding hydrogens is 363 g/mol. The average Bonchev–Trinajstić information content (AvgIpc) is 3.13. The highest BCUT2D eigenvalue weighted by atomic mass is 19.1. The van der Waals surface area contributed by atoms with Crippen LogP contribution < -0.4 is 10.2 Å². The minimum Gasteiger partial charge on any atom is -0.452 e. The van der Waals surface area contributed by atoms with Crippen LogP contribution in [0, 0.1) is 5.82 Å². The summed E-state index contributed by atoms with van der Waals surface area (Å²) < 4.78 is 18.6. The summed E-state index contributed by atoms with van der Waals surface area (Å²) in [5.41, 5.74) is 1.43. The van der Waals surface area contributed by atoms with E-state index >= 15 is 0 Å². The zero-order valence-corrected chi connectivity index (χ0v) is 15.3. The van der Waals surface area contributed by atoms with Crippen LogP contribution in [-0.2, 0) is 20.7 Å². The van der Waals surface area contributed by atoms with Crippen molar-refractivity contribution in [3.63, 3.8) is 0 Å². The first-order valence-corrected chi connectivity index (χ1v) is 9.12. The number of ether oxygens (including phenoxy) is 1. The SMILES string of the molecule is O=C(COC(=O)c1cccc(N2CCCC2=O)c1)NCCc1ccccc1F. The molecule has 7 heteroatoms. The Kier molecular flexibility index (Phi) is 6.37. The van der Waals surface area contributed by atoms with Crippen molar-refractivity contribution in [2.24, 2.45) is 0 Å². The summed E-state index contributed by atoms with van der Waals surface area (Å²) in [5, 5.41) is 2.59. The topological polar surface area (TPSA) is 75.7 Å². The fraction of sp³-hybridized carbons (Fsp3) is 0.286. The van der Waals surface area contributed by atoms with Crippen LogP contribution in [0.2, 0.25) is 0 Å². The Hall–Kier alpha value is -3.22. The number of esters is 1. The second kappa shape index (κ2) is 9.12. The first-order chi connectivity index (χ1) is 13.5. The molecule has 0 spiro atoms. The molecule has 0 unspecified atom stereocenters. The highest BCUT2D eigenvalue weighted by molar-refractivity contribution is 5.97. The average molecular weight is 384 g/mol. The first kappa shape index (κ1) is 19.5. The van der Waals surface area contributed by atoms with Gasteiger partial charge in [-0.15, -0.1) is 0 Å². The molecule has 2 amide bonds. The Morgan fingerprint density at radius 2 is 1.96 bits per heavy atom.